The largest absolute Gasteiger partial charge is 0.497 e. The number of hydrazone groups is 1. The Morgan fingerprint density at radius 2 is 1.67 bits per heavy atom. The molecule has 0 atom stereocenters. The average molecular weight is 406 g/mol. The number of rotatable bonds is 8. The van der Waals surface area contributed by atoms with E-state index in [-0.39, 0.29) is 11.4 Å². The molecule has 1 N–H and O–H groups in total. The highest BCUT2D eigenvalue weighted by Gasteiger charge is 2.19. The molecule has 0 aliphatic rings. The van der Waals surface area contributed by atoms with Crippen LogP contribution in [0.5, 0.6) is 5.75 Å². The molecule has 0 fully saturated rings. The van der Waals surface area contributed by atoms with Gasteiger partial charge in [0.05, 0.1) is 28.7 Å². The summed E-state index contributed by atoms with van der Waals surface area (Å²) < 4.78 is 5.18. The van der Waals surface area contributed by atoms with Gasteiger partial charge >= 0.3 is 5.69 Å². The number of anilines is 1. The highest BCUT2D eigenvalue weighted by Crippen LogP contribution is 2.29. The zero-order valence-corrected chi connectivity index (χ0v) is 16.0. The molecule has 0 saturated carbocycles. The van der Waals surface area contributed by atoms with Crippen LogP contribution in [0.15, 0.2) is 77.9 Å². The van der Waals surface area contributed by atoms with Gasteiger partial charge in [0.15, 0.2) is 0 Å². The van der Waals surface area contributed by atoms with Crippen molar-refractivity contribution in [3.05, 3.63) is 104 Å². The minimum absolute atomic E-state index is 0.0599. The maximum atomic E-state index is 11.4. The summed E-state index contributed by atoms with van der Waals surface area (Å²) in [7, 11) is 1.57. The second kappa shape index (κ2) is 9.28. The summed E-state index contributed by atoms with van der Waals surface area (Å²) in [5.41, 5.74) is 4.41. The minimum Gasteiger partial charge on any atom is -0.497 e. The summed E-state index contributed by atoms with van der Waals surface area (Å²) in [5.74, 6) is 0.691. The van der Waals surface area contributed by atoms with Gasteiger partial charge < -0.3 is 4.74 Å². The Balaban J connectivity index is 1.96. The third kappa shape index (κ3) is 4.96. The second-order valence-corrected chi connectivity index (χ2v) is 6.28. The first-order valence-corrected chi connectivity index (χ1v) is 8.91. The SMILES string of the molecule is COc1ccc(C(Cc2ccccc2)=NNc2ccc([N+](=O)[O-])cc2[N+](=O)[O-])cc1. The van der Waals surface area contributed by atoms with E-state index in [1.165, 1.54) is 12.1 Å². The van der Waals surface area contributed by atoms with Crippen molar-refractivity contribution in [3.63, 3.8) is 0 Å². The minimum atomic E-state index is -0.685. The van der Waals surface area contributed by atoms with Crippen molar-refractivity contribution in [1.82, 2.24) is 0 Å². The van der Waals surface area contributed by atoms with Gasteiger partial charge in [0, 0.05) is 12.5 Å². The molecule has 0 aliphatic heterocycles. The molecule has 0 unspecified atom stereocenters. The van der Waals surface area contributed by atoms with Gasteiger partial charge in [-0.3, -0.25) is 25.7 Å². The van der Waals surface area contributed by atoms with E-state index in [2.05, 4.69) is 10.5 Å². The fraction of sp³-hybridized carbons (Fsp3) is 0.0952. The molecular weight excluding hydrogens is 388 g/mol. The van der Waals surface area contributed by atoms with E-state index >= 15 is 0 Å². The Hall–Kier alpha value is -4.27. The summed E-state index contributed by atoms with van der Waals surface area (Å²) in [4.78, 5) is 20.9. The van der Waals surface area contributed by atoms with Gasteiger partial charge in [-0.2, -0.15) is 5.10 Å². The highest BCUT2D eigenvalue weighted by molar-refractivity contribution is 6.02. The molecule has 3 aromatic rings. The van der Waals surface area contributed by atoms with E-state index in [4.69, 9.17) is 4.74 Å². The molecule has 0 heterocycles. The lowest BCUT2D eigenvalue weighted by Crippen LogP contribution is -2.09. The molecule has 9 heteroatoms. The third-order valence-electron chi connectivity index (χ3n) is 4.34. The number of nitrogens with zero attached hydrogens (tertiary/aromatic N) is 3. The summed E-state index contributed by atoms with van der Waals surface area (Å²) in [6.07, 6.45) is 0.473. The van der Waals surface area contributed by atoms with Gasteiger partial charge in [0.25, 0.3) is 5.69 Å². The molecule has 9 nitrogen and oxygen atoms in total. The molecule has 0 amide bonds. The van der Waals surface area contributed by atoms with Crippen LogP contribution in [0, 0.1) is 20.2 Å². The Labute approximate surface area is 171 Å². The van der Waals surface area contributed by atoms with Crippen molar-refractivity contribution in [2.75, 3.05) is 12.5 Å². The number of benzene rings is 3. The topological polar surface area (TPSA) is 120 Å². The van der Waals surface area contributed by atoms with Crippen molar-refractivity contribution in [1.29, 1.82) is 0 Å². The number of nitro benzene ring substituents is 2. The lowest BCUT2D eigenvalue weighted by Gasteiger charge is -2.10. The van der Waals surface area contributed by atoms with E-state index < -0.39 is 15.5 Å². The van der Waals surface area contributed by atoms with Crippen LogP contribution in [0.2, 0.25) is 0 Å². The molecule has 0 aromatic heterocycles. The zero-order chi connectivity index (χ0) is 21.5. The summed E-state index contributed by atoms with van der Waals surface area (Å²) in [6.45, 7) is 0. The normalized spacial score (nSPS) is 11.0. The fourth-order valence-corrected chi connectivity index (χ4v) is 2.79. The van der Waals surface area contributed by atoms with Crippen molar-refractivity contribution in [2.24, 2.45) is 5.10 Å². The van der Waals surface area contributed by atoms with Crippen LogP contribution in [-0.4, -0.2) is 22.7 Å². The van der Waals surface area contributed by atoms with E-state index in [1.54, 1.807) is 19.2 Å². The number of hydrogen-bond acceptors (Lipinski definition) is 7. The van der Waals surface area contributed by atoms with Crippen molar-refractivity contribution in [2.45, 2.75) is 6.42 Å². The number of nitrogens with one attached hydrogen (secondary N) is 1. The van der Waals surface area contributed by atoms with Crippen molar-refractivity contribution >= 4 is 22.8 Å². The predicted octanol–water partition coefficient (Wildman–Crippen LogP) is 4.57. The molecular formula is C21H18N4O5. The molecule has 0 bridgehead atoms. The molecule has 0 spiro atoms. The molecule has 3 aromatic carbocycles. The third-order valence-corrected chi connectivity index (χ3v) is 4.34. The first-order valence-electron chi connectivity index (χ1n) is 8.91. The Morgan fingerprint density at radius 3 is 2.27 bits per heavy atom. The van der Waals surface area contributed by atoms with E-state index in [1.807, 2.05) is 42.5 Å². The average Bonchev–Trinajstić information content (AvgIpc) is 2.77. The van der Waals surface area contributed by atoms with Crippen molar-refractivity contribution < 1.29 is 14.6 Å². The van der Waals surface area contributed by atoms with Gasteiger partial charge in [-0.05, 0) is 41.5 Å². The number of hydrogen-bond donors (Lipinski definition) is 1. The number of non-ortho nitro benzene ring substituents is 1. The lowest BCUT2D eigenvalue weighted by molar-refractivity contribution is -0.393. The van der Waals surface area contributed by atoms with E-state index in [0.717, 1.165) is 17.2 Å². The molecule has 152 valence electrons. The maximum Gasteiger partial charge on any atom is 0.301 e. The summed E-state index contributed by atoms with van der Waals surface area (Å²) >= 11 is 0. The van der Waals surface area contributed by atoms with Crippen LogP contribution in [0.4, 0.5) is 17.1 Å². The van der Waals surface area contributed by atoms with E-state index in [0.29, 0.717) is 17.9 Å². The number of methoxy groups -OCH3 is 1. The van der Waals surface area contributed by atoms with Gasteiger partial charge in [0.2, 0.25) is 0 Å². The number of ether oxygens (including phenoxy) is 1. The molecule has 0 saturated heterocycles. The molecule has 0 radical (unpaired) electrons. The van der Waals surface area contributed by atoms with Crippen LogP contribution in [-0.2, 0) is 6.42 Å². The molecule has 30 heavy (non-hydrogen) atoms. The maximum absolute atomic E-state index is 11.4. The van der Waals surface area contributed by atoms with E-state index in [9.17, 15) is 20.2 Å². The first-order chi connectivity index (χ1) is 14.5. The summed E-state index contributed by atoms with van der Waals surface area (Å²) in [6, 6.07) is 20.3. The van der Waals surface area contributed by atoms with Crippen LogP contribution < -0.4 is 10.2 Å². The van der Waals surface area contributed by atoms with Gasteiger partial charge in [-0.1, -0.05) is 30.3 Å². The quantitative estimate of drug-likeness (QED) is 0.332. The van der Waals surface area contributed by atoms with Gasteiger partial charge in [-0.25, -0.2) is 0 Å². The smallest absolute Gasteiger partial charge is 0.301 e. The fourth-order valence-electron chi connectivity index (χ4n) is 2.79. The predicted molar refractivity (Wildman–Crippen MR) is 113 cm³/mol. The Morgan fingerprint density at radius 1 is 0.967 bits per heavy atom. The first kappa shape index (κ1) is 20.5. The second-order valence-electron chi connectivity index (χ2n) is 6.28. The molecule has 0 aliphatic carbocycles. The van der Waals surface area contributed by atoms with Crippen LogP contribution in [0.25, 0.3) is 0 Å². The number of nitro groups is 2. The molecule has 3 rings (SSSR count). The van der Waals surface area contributed by atoms with Gasteiger partial charge in [-0.15, -0.1) is 0 Å². The van der Waals surface area contributed by atoms with Gasteiger partial charge in [0.1, 0.15) is 11.4 Å². The van der Waals surface area contributed by atoms with Crippen LogP contribution in [0.3, 0.4) is 0 Å². The lowest BCUT2D eigenvalue weighted by atomic mass is 10.0. The monoisotopic (exact) mass is 406 g/mol. The van der Waals surface area contributed by atoms with Crippen LogP contribution in [0.1, 0.15) is 11.1 Å². The highest BCUT2D eigenvalue weighted by atomic mass is 16.6. The summed E-state index contributed by atoms with van der Waals surface area (Å²) in [5, 5.41) is 26.7. The van der Waals surface area contributed by atoms with Crippen LogP contribution >= 0.6 is 0 Å². The Kier molecular flexibility index (Phi) is 6.33. The standard InChI is InChI=1S/C21H18N4O5/c1-30-18-10-7-16(8-11-18)20(13-15-5-3-2-4-6-15)23-22-19-12-9-17(24(26)27)14-21(19)25(28)29/h2-12,14,22H,13H2,1H3. The van der Waals surface area contributed by atoms with Crippen molar-refractivity contribution in [3.8, 4) is 5.75 Å². The Bertz CT molecular complexity index is 1080. The zero-order valence-electron chi connectivity index (χ0n) is 16.0.